The van der Waals surface area contributed by atoms with Crippen LogP contribution in [-0.2, 0) is 0 Å². The number of para-hydroxylation sites is 1. The number of likely N-dealkylation sites (N-methyl/N-ethyl adjacent to an activating group) is 1. The van der Waals surface area contributed by atoms with Crippen LogP contribution in [0.5, 0.6) is 0 Å². The molecule has 0 radical (unpaired) electrons. The van der Waals surface area contributed by atoms with Crippen molar-refractivity contribution in [1.82, 2.24) is 0 Å². The van der Waals surface area contributed by atoms with E-state index < -0.39 is 5.97 Å². The van der Waals surface area contributed by atoms with Crippen molar-refractivity contribution in [2.75, 3.05) is 23.8 Å². The topological polar surface area (TPSA) is 52.6 Å². The molecule has 0 fully saturated rings. The van der Waals surface area contributed by atoms with E-state index in [1.54, 1.807) is 12.1 Å². The number of aromatic carboxylic acids is 1. The normalized spacial score (nSPS) is 17.6. The Morgan fingerprint density at radius 1 is 1.50 bits per heavy atom. The lowest BCUT2D eigenvalue weighted by Crippen LogP contribution is -2.50. The molecule has 1 aliphatic rings. The summed E-state index contributed by atoms with van der Waals surface area (Å²) in [7, 11) is 1.94. The number of carboxylic acid groups (broad SMARTS) is 1. The minimum Gasteiger partial charge on any atom is -0.478 e. The van der Waals surface area contributed by atoms with Crippen LogP contribution in [0.4, 0.5) is 11.4 Å². The summed E-state index contributed by atoms with van der Waals surface area (Å²) < 4.78 is 0. The molecule has 0 bridgehead atoms. The number of fused-ring (bicyclic) bond motifs is 1. The molecule has 1 aromatic carbocycles. The molecule has 2 N–H and O–H groups in total. The molecule has 0 aliphatic carbocycles. The van der Waals surface area contributed by atoms with Gasteiger partial charge in [0.2, 0.25) is 0 Å². The predicted octanol–water partition coefficient (Wildman–Crippen LogP) is 2.03. The average molecular weight is 220 g/mol. The Hall–Kier alpha value is -1.71. The number of benzene rings is 1. The van der Waals surface area contributed by atoms with Crippen molar-refractivity contribution in [3.63, 3.8) is 0 Å². The number of carboxylic acids is 1. The van der Waals surface area contributed by atoms with Gasteiger partial charge in [-0.1, -0.05) is 6.07 Å². The van der Waals surface area contributed by atoms with Gasteiger partial charge in [-0.15, -0.1) is 0 Å². The first-order valence-electron chi connectivity index (χ1n) is 5.27. The van der Waals surface area contributed by atoms with E-state index in [4.69, 9.17) is 0 Å². The molecular formula is C12H16N2O2. The molecule has 1 aliphatic heterocycles. The largest absolute Gasteiger partial charge is 0.478 e. The van der Waals surface area contributed by atoms with Crippen molar-refractivity contribution in [1.29, 1.82) is 0 Å². The molecule has 0 saturated heterocycles. The molecule has 4 heteroatoms. The lowest BCUT2D eigenvalue weighted by atomic mass is 9.96. The summed E-state index contributed by atoms with van der Waals surface area (Å²) in [4.78, 5) is 13.2. The van der Waals surface area contributed by atoms with Crippen molar-refractivity contribution in [3.05, 3.63) is 23.8 Å². The van der Waals surface area contributed by atoms with Crippen LogP contribution in [0.3, 0.4) is 0 Å². The van der Waals surface area contributed by atoms with Crippen molar-refractivity contribution in [2.24, 2.45) is 0 Å². The number of nitrogens with zero attached hydrogens (tertiary/aromatic N) is 1. The summed E-state index contributed by atoms with van der Waals surface area (Å²) in [5.74, 6) is -0.886. The zero-order chi connectivity index (χ0) is 11.9. The van der Waals surface area contributed by atoms with Gasteiger partial charge in [-0.05, 0) is 26.0 Å². The molecule has 4 nitrogen and oxygen atoms in total. The second-order valence-electron chi connectivity index (χ2n) is 4.73. The van der Waals surface area contributed by atoms with Gasteiger partial charge in [0.1, 0.15) is 0 Å². The maximum absolute atomic E-state index is 11.2. The summed E-state index contributed by atoms with van der Waals surface area (Å²) in [6, 6.07) is 5.32. The molecule has 0 saturated carbocycles. The van der Waals surface area contributed by atoms with Crippen molar-refractivity contribution in [3.8, 4) is 0 Å². The highest BCUT2D eigenvalue weighted by molar-refractivity contribution is 5.99. The lowest BCUT2D eigenvalue weighted by molar-refractivity contribution is 0.0697. The Labute approximate surface area is 94.9 Å². The fourth-order valence-corrected chi connectivity index (χ4v) is 1.95. The molecule has 1 aromatic rings. The molecule has 0 amide bonds. The van der Waals surface area contributed by atoms with E-state index in [0.717, 1.165) is 17.9 Å². The average Bonchev–Trinajstić information content (AvgIpc) is 2.23. The third kappa shape index (κ3) is 1.50. The molecule has 0 spiro atoms. The van der Waals surface area contributed by atoms with E-state index in [-0.39, 0.29) is 5.54 Å². The highest BCUT2D eigenvalue weighted by atomic mass is 16.4. The van der Waals surface area contributed by atoms with Crippen LogP contribution in [-0.4, -0.2) is 30.2 Å². The molecule has 0 unspecified atom stereocenters. The van der Waals surface area contributed by atoms with Crippen LogP contribution >= 0.6 is 0 Å². The van der Waals surface area contributed by atoms with Gasteiger partial charge in [0.15, 0.2) is 0 Å². The Balaban J connectivity index is 2.60. The molecule has 86 valence electrons. The highest BCUT2D eigenvalue weighted by Gasteiger charge is 2.32. The van der Waals surface area contributed by atoms with Crippen molar-refractivity contribution in [2.45, 2.75) is 19.4 Å². The molecule has 16 heavy (non-hydrogen) atoms. The van der Waals surface area contributed by atoms with Gasteiger partial charge in [0.05, 0.1) is 22.5 Å². The summed E-state index contributed by atoms with van der Waals surface area (Å²) >= 11 is 0. The number of hydrogen-bond acceptors (Lipinski definition) is 3. The Morgan fingerprint density at radius 2 is 2.19 bits per heavy atom. The second-order valence-corrected chi connectivity index (χ2v) is 4.73. The fraction of sp³-hybridized carbons (Fsp3) is 0.417. The Kier molecular flexibility index (Phi) is 2.30. The van der Waals surface area contributed by atoms with Crippen molar-refractivity contribution >= 4 is 17.3 Å². The summed E-state index contributed by atoms with van der Waals surface area (Å²) in [5.41, 5.74) is 1.92. The van der Waals surface area contributed by atoms with Crippen LogP contribution in [0.25, 0.3) is 0 Å². The highest BCUT2D eigenvalue weighted by Crippen LogP contribution is 2.37. The number of hydrogen-bond donors (Lipinski definition) is 2. The van der Waals surface area contributed by atoms with E-state index >= 15 is 0 Å². The molecule has 0 aromatic heterocycles. The number of anilines is 2. The van der Waals surface area contributed by atoms with Gasteiger partial charge >= 0.3 is 5.97 Å². The van der Waals surface area contributed by atoms with Crippen LogP contribution in [0.1, 0.15) is 24.2 Å². The standard InChI is InChI=1S/C12H16N2O2/c1-12(2)7-13-9-6-4-5-8(11(15)16)10(9)14(12)3/h4-6,13H,7H2,1-3H3,(H,15,16). The smallest absolute Gasteiger partial charge is 0.337 e. The third-order valence-electron chi connectivity index (χ3n) is 3.22. The monoisotopic (exact) mass is 220 g/mol. The number of nitrogens with one attached hydrogen (secondary N) is 1. The summed E-state index contributed by atoms with van der Waals surface area (Å²) in [5, 5.41) is 12.4. The first-order chi connectivity index (χ1) is 7.43. The van der Waals surface area contributed by atoms with E-state index in [0.29, 0.717) is 5.56 Å². The summed E-state index contributed by atoms with van der Waals surface area (Å²) in [6.07, 6.45) is 0. The van der Waals surface area contributed by atoms with E-state index in [2.05, 4.69) is 19.2 Å². The molecule has 2 rings (SSSR count). The van der Waals surface area contributed by atoms with Gasteiger partial charge in [-0.25, -0.2) is 4.79 Å². The zero-order valence-electron chi connectivity index (χ0n) is 9.74. The minimum absolute atomic E-state index is 0.0848. The van der Waals surface area contributed by atoms with Crippen molar-refractivity contribution < 1.29 is 9.90 Å². The van der Waals surface area contributed by atoms with Gasteiger partial charge in [-0.2, -0.15) is 0 Å². The number of carbonyl (C=O) groups is 1. The van der Waals surface area contributed by atoms with Crippen LogP contribution < -0.4 is 10.2 Å². The lowest BCUT2D eigenvalue weighted by Gasteiger charge is -2.43. The maximum atomic E-state index is 11.2. The van der Waals surface area contributed by atoms with E-state index in [9.17, 15) is 9.90 Å². The first kappa shape index (κ1) is 10.8. The van der Waals surface area contributed by atoms with Gasteiger partial charge in [0.25, 0.3) is 0 Å². The maximum Gasteiger partial charge on any atom is 0.337 e. The Bertz CT molecular complexity index is 441. The Morgan fingerprint density at radius 3 is 2.81 bits per heavy atom. The van der Waals surface area contributed by atoms with Gasteiger partial charge < -0.3 is 15.3 Å². The minimum atomic E-state index is -0.886. The van der Waals surface area contributed by atoms with Gasteiger partial charge in [0, 0.05) is 13.6 Å². The van der Waals surface area contributed by atoms with Crippen LogP contribution in [0, 0.1) is 0 Å². The zero-order valence-corrected chi connectivity index (χ0v) is 9.74. The number of rotatable bonds is 1. The molecule has 0 atom stereocenters. The third-order valence-corrected chi connectivity index (χ3v) is 3.22. The van der Waals surface area contributed by atoms with Crippen LogP contribution in [0.2, 0.25) is 0 Å². The fourth-order valence-electron chi connectivity index (χ4n) is 1.95. The molecule has 1 heterocycles. The van der Waals surface area contributed by atoms with E-state index in [1.165, 1.54) is 0 Å². The quantitative estimate of drug-likeness (QED) is 0.760. The van der Waals surface area contributed by atoms with E-state index in [1.807, 2.05) is 18.0 Å². The second kappa shape index (κ2) is 3.40. The SMILES string of the molecule is CN1c2c(cccc2C(=O)O)NCC1(C)C. The first-order valence-corrected chi connectivity index (χ1v) is 5.27. The van der Waals surface area contributed by atoms with Crippen LogP contribution in [0.15, 0.2) is 18.2 Å². The predicted molar refractivity (Wildman–Crippen MR) is 64.4 cm³/mol. The van der Waals surface area contributed by atoms with Gasteiger partial charge in [-0.3, -0.25) is 0 Å². The summed E-state index contributed by atoms with van der Waals surface area (Å²) in [6.45, 7) is 4.97. The molecular weight excluding hydrogens is 204 g/mol.